The van der Waals surface area contributed by atoms with Crippen molar-refractivity contribution >= 4 is 27.7 Å². The highest BCUT2D eigenvalue weighted by Gasteiger charge is 2.30. The Morgan fingerprint density at radius 3 is 2.21 bits per heavy atom. The number of hydrogen-bond acceptors (Lipinski definition) is 2. The van der Waals surface area contributed by atoms with Crippen LogP contribution in [0, 0.1) is 12.8 Å². The standard InChI is InChI=1S/C29H33BrN2O2/c1-21(2)19-31-29(34)27(17-23-9-5-4-6-10-23)32(20-24-12-14-26(30)15-13-24)28(33)18-25-11-7-8-22(3)16-25/h4-16,21,27H,17-20H2,1-3H3,(H,31,34)/t27-/m0/s1. The first kappa shape index (κ1) is 25.7. The maximum atomic E-state index is 13.7. The predicted molar refractivity (Wildman–Crippen MR) is 141 cm³/mol. The number of carbonyl (C=O) groups is 2. The minimum absolute atomic E-state index is 0.0610. The summed E-state index contributed by atoms with van der Waals surface area (Å²) in [6, 6.07) is 25.2. The van der Waals surface area contributed by atoms with Gasteiger partial charge in [0.25, 0.3) is 0 Å². The van der Waals surface area contributed by atoms with Gasteiger partial charge in [0.05, 0.1) is 6.42 Å². The topological polar surface area (TPSA) is 49.4 Å². The summed E-state index contributed by atoms with van der Waals surface area (Å²) >= 11 is 3.48. The van der Waals surface area contributed by atoms with Gasteiger partial charge >= 0.3 is 0 Å². The Balaban J connectivity index is 1.94. The largest absolute Gasteiger partial charge is 0.354 e. The molecule has 3 aromatic carbocycles. The molecule has 5 heteroatoms. The first-order valence-corrected chi connectivity index (χ1v) is 12.5. The second-order valence-corrected chi connectivity index (χ2v) is 10.1. The van der Waals surface area contributed by atoms with E-state index < -0.39 is 6.04 Å². The summed E-state index contributed by atoms with van der Waals surface area (Å²) in [6.07, 6.45) is 0.710. The van der Waals surface area contributed by atoms with Crippen LogP contribution in [-0.4, -0.2) is 29.3 Å². The van der Waals surface area contributed by atoms with Gasteiger partial charge in [-0.15, -0.1) is 0 Å². The lowest BCUT2D eigenvalue weighted by Crippen LogP contribution is -2.51. The summed E-state index contributed by atoms with van der Waals surface area (Å²) in [5.74, 6) is 0.144. The molecule has 0 aliphatic rings. The highest BCUT2D eigenvalue weighted by Crippen LogP contribution is 2.18. The van der Waals surface area contributed by atoms with Crippen LogP contribution in [0.5, 0.6) is 0 Å². The zero-order valence-corrected chi connectivity index (χ0v) is 21.7. The van der Waals surface area contributed by atoms with Crippen LogP contribution in [0.25, 0.3) is 0 Å². The van der Waals surface area contributed by atoms with E-state index in [1.165, 1.54) is 0 Å². The summed E-state index contributed by atoms with van der Waals surface area (Å²) in [7, 11) is 0. The molecule has 0 bridgehead atoms. The SMILES string of the molecule is Cc1cccc(CC(=O)N(Cc2ccc(Br)cc2)[C@@H](Cc2ccccc2)C(=O)NCC(C)C)c1. The predicted octanol–water partition coefficient (Wildman–Crippen LogP) is 5.71. The number of amides is 2. The van der Waals surface area contributed by atoms with Crippen LogP contribution in [0.15, 0.2) is 83.3 Å². The summed E-state index contributed by atoms with van der Waals surface area (Å²) in [6.45, 7) is 7.09. The number of halogens is 1. The second-order valence-electron chi connectivity index (χ2n) is 9.16. The van der Waals surface area contributed by atoms with Crippen LogP contribution in [0.1, 0.15) is 36.1 Å². The Morgan fingerprint density at radius 1 is 0.882 bits per heavy atom. The molecule has 0 radical (unpaired) electrons. The third-order valence-corrected chi connectivity index (χ3v) is 6.19. The van der Waals surface area contributed by atoms with Crippen molar-refractivity contribution in [3.05, 3.63) is 106 Å². The van der Waals surface area contributed by atoms with Crippen LogP contribution in [0.3, 0.4) is 0 Å². The highest BCUT2D eigenvalue weighted by molar-refractivity contribution is 9.10. The Kier molecular flexibility index (Phi) is 9.46. The summed E-state index contributed by atoms with van der Waals surface area (Å²) in [5, 5.41) is 3.07. The van der Waals surface area contributed by atoms with Crippen LogP contribution in [0.4, 0.5) is 0 Å². The fraction of sp³-hybridized carbons (Fsp3) is 0.310. The number of nitrogens with one attached hydrogen (secondary N) is 1. The van der Waals surface area contributed by atoms with Crippen molar-refractivity contribution in [1.29, 1.82) is 0 Å². The van der Waals surface area contributed by atoms with Gasteiger partial charge in [-0.25, -0.2) is 0 Å². The minimum Gasteiger partial charge on any atom is -0.354 e. The van der Waals surface area contributed by atoms with Gasteiger partial charge in [0.1, 0.15) is 6.04 Å². The molecule has 0 fully saturated rings. The third kappa shape index (κ3) is 7.84. The van der Waals surface area contributed by atoms with Gasteiger partial charge in [-0.1, -0.05) is 102 Å². The molecular weight excluding hydrogens is 488 g/mol. The zero-order valence-electron chi connectivity index (χ0n) is 20.1. The van der Waals surface area contributed by atoms with Crippen molar-refractivity contribution in [3.63, 3.8) is 0 Å². The van der Waals surface area contributed by atoms with Crippen molar-refractivity contribution in [2.24, 2.45) is 5.92 Å². The lowest BCUT2D eigenvalue weighted by Gasteiger charge is -2.32. The molecule has 0 aliphatic heterocycles. The molecule has 1 atom stereocenters. The Bertz CT molecular complexity index is 1080. The molecule has 3 rings (SSSR count). The van der Waals surface area contributed by atoms with Crippen LogP contribution in [-0.2, 0) is 29.0 Å². The molecule has 178 valence electrons. The van der Waals surface area contributed by atoms with Gasteiger partial charge < -0.3 is 10.2 Å². The highest BCUT2D eigenvalue weighted by atomic mass is 79.9. The van der Waals surface area contributed by atoms with E-state index in [2.05, 4.69) is 35.1 Å². The summed E-state index contributed by atoms with van der Waals surface area (Å²) < 4.78 is 0.976. The van der Waals surface area contributed by atoms with Crippen LogP contribution < -0.4 is 5.32 Å². The number of carbonyl (C=O) groups excluding carboxylic acids is 2. The molecule has 0 spiro atoms. The van der Waals surface area contributed by atoms with E-state index in [0.717, 1.165) is 26.7 Å². The lowest BCUT2D eigenvalue weighted by molar-refractivity contribution is -0.140. The maximum absolute atomic E-state index is 13.7. The molecule has 0 saturated carbocycles. The fourth-order valence-electron chi connectivity index (χ4n) is 3.86. The van der Waals surface area contributed by atoms with Crippen molar-refractivity contribution in [2.45, 2.75) is 46.2 Å². The number of nitrogens with zero attached hydrogens (tertiary/aromatic N) is 1. The van der Waals surface area contributed by atoms with Gasteiger partial charge in [-0.3, -0.25) is 9.59 Å². The average Bonchev–Trinajstić information content (AvgIpc) is 2.81. The zero-order chi connectivity index (χ0) is 24.5. The Labute approximate surface area is 211 Å². The van der Waals surface area contributed by atoms with Gasteiger partial charge in [0.15, 0.2) is 0 Å². The maximum Gasteiger partial charge on any atom is 0.243 e. The minimum atomic E-state index is -0.609. The van der Waals surface area contributed by atoms with Crippen LogP contribution in [0.2, 0.25) is 0 Å². The third-order valence-electron chi connectivity index (χ3n) is 5.66. The van der Waals surface area contributed by atoms with Crippen molar-refractivity contribution in [2.75, 3.05) is 6.54 Å². The van der Waals surface area contributed by atoms with E-state index in [1.807, 2.05) is 85.8 Å². The van der Waals surface area contributed by atoms with Crippen molar-refractivity contribution in [3.8, 4) is 0 Å². The summed E-state index contributed by atoms with van der Waals surface area (Å²) in [5.41, 5.74) is 4.07. The van der Waals surface area contributed by atoms with E-state index in [-0.39, 0.29) is 18.2 Å². The molecular formula is C29H33BrN2O2. The molecule has 0 aromatic heterocycles. The molecule has 1 N–H and O–H groups in total. The Morgan fingerprint density at radius 2 is 1.56 bits per heavy atom. The van der Waals surface area contributed by atoms with E-state index in [0.29, 0.717) is 25.4 Å². The number of aryl methyl sites for hydroxylation is 1. The van der Waals surface area contributed by atoms with Gasteiger partial charge in [-0.05, 0) is 41.7 Å². The van der Waals surface area contributed by atoms with Gasteiger partial charge in [0, 0.05) is 24.0 Å². The van der Waals surface area contributed by atoms with Crippen molar-refractivity contribution < 1.29 is 9.59 Å². The monoisotopic (exact) mass is 520 g/mol. The molecule has 0 unspecified atom stereocenters. The molecule has 3 aromatic rings. The smallest absolute Gasteiger partial charge is 0.243 e. The molecule has 0 heterocycles. The molecule has 4 nitrogen and oxygen atoms in total. The molecule has 0 aliphatic carbocycles. The fourth-order valence-corrected chi connectivity index (χ4v) is 4.13. The second kappa shape index (κ2) is 12.5. The first-order valence-electron chi connectivity index (χ1n) is 11.7. The average molecular weight is 521 g/mol. The van der Waals surface area contributed by atoms with E-state index in [4.69, 9.17) is 0 Å². The van der Waals surface area contributed by atoms with E-state index >= 15 is 0 Å². The first-order chi connectivity index (χ1) is 16.3. The summed E-state index contributed by atoms with van der Waals surface area (Å²) in [4.78, 5) is 28.9. The quantitative estimate of drug-likeness (QED) is 0.372. The van der Waals surface area contributed by atoms with Gasteiger partial charge in [0.2, 0.25) is 11.8 Å². The number of hydrogen-bond donors (Lipinski definition) is 1. The van der Waals surface area contributed by atoms with Crippen molar-refractivity contribution in [1.82, 2.24) is 10.2 Å². The number of rotatable bonds is 10. The van der Waals surface area contributed by atoms with E-state index in [1.54, 1.807) is 4.90 Å². The molecule has 0 saturated heterocycles. The normalized spacial score (nSPS) is 11.8. The van der Waals surface area contributed by atoms with Crippen LogP contribution >= 0.6 is 15.9 Å². The Hall–Kier alpha value is -2.92. The number of benzene rings is 3. The molecule has 2 amide bonds. The van der Waals surface area contributed by atoms with Gasteiger partial charge in [-0.2, -0.15) is 0 Å². The lowest BCUT2D eigenvalue weighted by atomic mass is 10.0. The van der Waals surface area contributed by atoms with E-state index in [9.17, 15) is 9.59 Å². The molecule has 34 heavy (non-hydrogen) atoms.